The molecule has 1 aliphatic carbocycles. The maximum Gasteiger partial charge on any atom is 0.475 e. The van der Waals surface area contributed by atoms with E-state index in [9.17, 15) is 14.8 Å². The van der Waals surface area contributed by atoms with Gasteiger partial charge in [-0.3, -0.25) is 13.6 Å². The molecule has 7 atom stereocenters. The minimum absolute atomic E-state index is 0.0402. The van der Waals surface area contributed by atoms with Crippen molar-refractivity contribution in [2.24, 2.45) is 0 Å². The number of phosphoric acid groups is 1. The van der Waals surface area contributed by atoms with Crippen LogP contribution >= 0.6 is 7.82 Å². The normalized spacial score (nSPS) is 32.5. The van der Waals surface area contributed by atoms with Crippen LogP contribution in [0.4, 0.5) is 0 Å². The molecule has 0 amide bonds. The minimum atomic E-state index is -4.25. The molecule has 3 aliphatic heterocycles. The zero-order chi connectivity index (χ0) is 25.5. The number of hydrogen-bond acceptors (Lipinski definition) is 9. The molecule has 3 saturated heterocycles. The Bertz CT molecular complexity index is 1180. The Hall–Kier alpha value is -2.43. The lowest BCUT2D eigenvalue weighted by atomic mass is 9.81. The summed E-state index contributed by atoms with van der Waals surface area (Å²) in [5, 5.41) is 21.8. The lowest BCUT2D eigenvalue weighted by Crippen LogP contribution is -2.78. The number of phosphoric ester groups is 1. The van der Waals surface area contributed by atoms with Crippen LogP contribution in [0.3, 0.4) is 0 Å². The van der Waals surface area contributed by atoms with Gasteiger partial charge in [0.25, 0.3) is 0 Å². The van der Waals surface area contributed by atoms with E-state index in [1.54, 1.807) is 24.3 Å². The minimum Gasteiger partial charge on any atom is -0.387 e. The zero-order valence-corrected chi connectivity index (χ0v) is 20.6. The molecule has 4 fully saturated rings. The predicted octanol–water partition coefficient (Wildman–Crippen LogP) is 3.64. The average Bonchev–Trinajstić information content (AvgIpc) is 2.95. The third kappa shape index (κ3) is 4.79. The molecule has 0 spiro atoms. The maximum absolute atomic E-state index is 13.9. The van der Waals surface area contributed by atoms with Crippen molar-refractivity contribution in [2.45, 2.75) is 55.8 Å². The van der Waals surface area contributed by atoms with Crippen LogP contribution in [-0.4, -0.2) is 46.8 Å². The summed E-state index contributed by atoms with van der Waals surface area (Å²) in [4.78, 5) is 0. The molecule has 9 nitrogen and oxygen atoms in total. The first-order valence-electron chi connectivity index (χ1n) is 12.1. The fraction of sp³-hybridized carbons (Fsp3) is 0.333. The fourth-order valence-electron chi connectivity index (χ4n) is 4.85. The van der Waals surface area contributed by atoms with Gasteiger partial charge >= 0.3 is 13.8 Å². The van der Waals surface area contributed by atoms with Gasteiger partial charge < -0.3 is 24.4 Å². The van der Waals surface area contributed by atoms with E-state index in [0.29, 0.717) is 5.56 Å². The van der Waals surface area contributed by atoms with Gasteiger partial charge in [-0.25, -0.2) is 4.57 Å². The summed E-state index contributed by atoms with van der Waals surface area (Å²) in [6, 6.07) is 27.3. The molecule has 1 saturated carbocycles. The van der Waals surface area contributed by atoms with E-state index in [1.165, 1.54) is 0 Å². The molecule has 37 heavy (non-hydrogen) atoms. The van der Waals surface area contributed by atoms with Crippen LogP contribution in [0, 0.1) is 0 Å². The van der Waals surface area contributed by atoms with Gasteiger partial charge in [0.05, 0.1) is 13.2 Å². The molecule has 0 radical (unpaired) electrons. The molecule has 4 aliphatic rings. The monoisotopic (exact) mass is 526 g/mol. The number of aliphatic hydroxyl groups excluding tert-OH is 2. The maximum atomic E-state index is 13.9. The molecule has 3 heterocycles. The third-order valence-electron chi connectivity index (χ3n) is 6.71. The summed E-state index contributed by atoms with van der Waals surface area (Å²) in [7, 11) is -4.25. The van der Waals surface area contributed by atoms with Gasteiger partial charge in [-0.2, -0.15) is 0 Å². The Balaban J connectivity index is 1.26. The number of aliphatic hydroxyl groups is 2. The molecule has 3 aromatic carbocycles. The van der Waals surface area contributed by atoms with E-state index in [2.05, 4.69) is 0 Å². The zero-order valence-electron chi connectivity index (χ0n) is 19.7. The second-order valence-electron chi connectivity index (χ2n) is 9.19. The summed E-state index contributed by atoms with van der Waals surface area (Å²) in [5.41, 5.74) is 2.10. The molecule has 0 aromatic heterocycles. The third-order valence-corrected chi connectivity index (χ3v) is 8.10. The highest BCUT2D eigenvalue weighted by atomic mass is 31.2. The van der Waals surface area contributed by atoms with Crippen molar-refractivity contribution in [2.75, 3.05) is 0 Å². The second-order valence-corrected chi connectivity index (χ2v) is 10.8. The van der Waals surface area contributed by atoms with Gasteiger partial charge in [-0.1, -0.05) is 91.0 Å². The van der Waals surface area contributed by atoms with E-state index >= 15 is 0 Å². The van der Waals surface area contributed by atoms with Crippen LogP contribution in [0.25, 0.3) is 0 Å². The molecule has 194 valence electrons. The van der Waals surface area contributed by atoms with E-state index in [-0.39, 0.29) is 13.2 Å². The first-order chi connectivity index (χ1) is 18.0. The topological polar surface area (TPSA) is 113 Å². The lowest BCUT2D eigenvalue weighted by Gasteiger charge is -2.61. The van der Waals surface area contributed by atoms with Crippen molar-refractivity contribution < 1.29 is 42.6 Å². The quantitative estimate of drug-likeness (QED) is 0.404. The van der Waals surface area contributed by atoms with E-state index in [0.717, 1.165) is 11.1 Å². The van der Waals surface area contributed by atoms with Crippen LogP contribution in [0.5, 0.6) is 0 Å². The van der Waals surface area contributed by atoms with E-state index in [4.69, 9.17) is 27.8 Å². The first kappa shape index (κ1) is 24.9. The predicted molar refractivity (Wildman–Crippen MR) is 130 cm³/mol. The van der Waals surface area contributed by atoms with Crippen molar-refractivity contribution in [3.8, 4) is 0 Å². The lowest BCUT2D eigenvalue weighted by molar-refractivity contribution is -0.547. The molecular formula is C27H27O9P. The van der Waals surface area contributed by atoms with Crippen molar-refractivity contribution in [3.05, 3.63) is 108 Å². The summed E-state index contributed by atoms with van der Waals surface area (Å²) < 4.78 is 49.4. The van der Waals surface area contributed by atoms with Crippen molar-refractivity contribution in [1.29, 1.82) is 0 Å². The van der Waals surface area contributed by atoms with Gasteiger partial charge in [-0.05, 0) is 11.1 Å². The molecule has 10 heteroatoms. The molecule has 7 rings (SSSR count). The standard InChI is InChI=1S/C27H27O9P/c28-21-23-22(29)25-26(24(21)34-27(33-23,35-25)20-14-8-3-9-15-20)36-37(30,31-16-18-10-4-1-5-11-18)32-17-19-12-6-2-7-13-19/h1-15,21-26,28-29H,16-17H2/t21-,22-,23?,24-,25+,26?,27?/m0/s1. The SMILES string of the molecule is O=P(OCc1ccccc1)(OCc1ccccc1)OC1[C@H]2OC3(c4ccccc4)OC([C@@H]2O)[C@H](O)[C@H]1O3. The molecule has 2 N–H and O–H groups in total. The van der Waals surface area contributed by atoms with E-state index in [1.807, 2.05) is 66.7 Å². The van der Waals surface area contributed by atoms with Gasteiger partial charge in [0.2, 0.25) is 0 Å². The number of rotatable bonds is 9. The number of benzene rings is 3. The number of hydrogen-bond donors (Lipinski definition) is 2. The smallest absolute Gasteiger partial charge is 0.387 e. The summed E-state index contributed by atoms with van der Waals surface area (Å²) >= 11 is 0. The highest BCUT2D eigenvalue weighted by molar-refractivity contribution is 7.48. The van der Waals surface area contributed by atoms with Gasteiger partial charge in [0.15, 0.2) is 0 Å². The summed E-state index contributed by atoms with van der Waals surface area (Å²) in [6.07, 6.45) is -6.68. The van der Waals surface area contributed by atoms with Crippen LogP contribution in [-0.2, 0) is 51.5 Å². The first-order valence-corrected chi connectivity index (χ1v) is 13.5. The van der Waals surface area contributed by atoms with Gasteiger partial charge in [0.1, 0.15) is 36.6 Å². The largest absolute Gasteiger partial charge is 0.475 e. The van der Waals surface area contributed by atoms with Crippen LogP contribution < -0.4 is 0 Å². The highest BCUT2D eigenvalue weighted by Crippen LogP contribution is 2.58. The molecule has 4 bridgehead atoms. The molecule has 3 unspecified atom stereocenters. The van der Waals surface area contributed by atoms with Crippen molar-refractivity contribution in [1.82, 2.24) is 0 Å². The van der Waals surface area contributed by atoms with Crippen molar-refractivity contribution >= 4 is 7.82 Å². The van der Waals surface area contributed by atoms with Gasteiger partial charge in [-0.15, -0.1) is 0 Å². The fourth-order valence-corrected chi connectivity index (χ4v) is 6.20. The second kappa shape index (κ2) is 10.0. The summed E-state index contributed by atoms with van der Waals surface area (Å²) in [5.74, 6) is -1.63. The Labute approximate surface area is 214 Å². The highest BCUT2D eigenvalue weighted by Gasteiger charge is 2.69. The van der Waals surface area contributed by atoms with Crippen LogP contribution in [0.1, 0.15) is 16.7 Å². The molecular weight excluding hydrogens is 499 g/mol. The van der Waals surface area contributed by atoms with Gasteiger partial charge in [0, 0.05) is 5.56 Å². The van der Waals surface area contributed by atoms with E-state index < -0.39 is 50.4 Å². The van der Waals surface area contributed by atoms with Crippen molar-refractivity contribution in [3.63, 3.8) is 0 Å². The van der Waals surface area contributed by atoms with Crippen LogP contribution in [0.15, 0.2) is 91.0 Å². The Morgan fingerprint density at radius 1 is 0.676 bits per heavy atom. The molecule has 3 aromatic rings. The average molecular weight is 526 g/mol. The Morgan fingerprint density at radius 3 is 1.59 bits per heavy atom. The Morgan fingerprint density at radius 2 is 1.11 bits per heavy atom. The number of ether oxygens (including phenoxy) is 3. The Kier molecular flexibility index (Phi) is 6.75. The van der Waals surface area contributed by atoms with Crippen LogP contribution in [0.2, 0.25) is 0 Å². The summed E-state index contributed by atoms with van der Waals surface area (Å²) in [6.45, 7) is -0.0804.